The summed E-state index contributed by atoms with van der Waals surface area (Å²) in [6.07, 6.45) is 5.20. The molecule has 2 aromatic rings. The second kappa shape index (κ2) is 8.93. The minimum atomic E-state index is -0.378. The van der Waals surface area contributed by atoms with Gasteiger partial charge in [0.05, 0.1) is 16.7 Å². The standard InChI is InChI=1S/C23H21BrO4/c1-4-10-27-22-19(24)12-16(13-21(22)26-5-2)11-18-14-20(28-23(18)25)17-8-6-15(3)7-9-17/h4,6-9,11-14H,1,5,10H2,2-3H3/b18-11+. The summed E-state index contributed by atoms with van der Waals surface area (Å²) in [6.45, 7) is 8.45. The van der Waals surface area contributed by atoms with E-state index in [9.17, 15) is 4.79 Å². The molecular formula is C23H21BrO4. The Kier molecular flexibility index (Phi) is 6.37. The Hall–Kier alpha value is -2.79. The minimum Gasteiger partial charge on any atom is -0.490 e. The Bertz CT molecular complexity index is 955. The van der Waals surface area contributed by atoms with Crippen LogP contribution in [0.4, 0.5) is 0 Å². The van der Waals surface area contributed by atoms with Gasteiger partial charge in [0.1, 0.15) is 12.4 Å². The molecule has 0 saturated heterocycles. The number of aryl methyl sites for hydroxylation is 1. The van der Waals surface area contributed by atoms with Gasteiger partial charge in [-0.05, 0) is 59.6 Å². The number of hydrogen-bond donors (Lipinski definition) is 0. The van der Waals surface area contributed by atoms with Crippen molar-refractivity contribution in [2.75, 3.05) is 13.2 Å². The molecule has 0 unspecified atom stereocenters. The largest absolute Gasteiger partial charge is 0.490 e. The highest BCUT2D eigenvalue weighted by Gasteiger charge is 2.22. The number of benzene rings is 2. The smallest absolute Gasteiger partial charge is 0.343 e. The first-order chi connectivity index (χ1) is 13.5. The Morgan fingerprint density at radius 2 is 1.93 bits per heavy atom. The summed E-state index contributed by atoms with van der Waals surface area (Å²) >= 11 is 3.52. The van der Waals surface area contributed by atoms with Crippen molar-refractivity contribution in [2.45, 2.75) is 13.8 Å². The molecule has 1 aliphatic heterocycles. The lowest BCUT2D eigenvalue weighted by Gasteiger charge is -2.13. The van der Waals surface area contributed by atoms with E-state index >= 15 is 0 Å². The molecule has 0 fully saturated rings. The summed E-state index contributed by atoms with van der Waals surface area (Å²) in [5.74, 6) is 1.37. The monoisotopic (exact) mass is 440 g/mol. The van der Waals surface area contributed by atoms with Crippen LogP contribution in [0.1, 0.15) is 23.6 Å². The second-order valence-electron chi connectivity index (χ2n) is 6.23. The summed E-state index contributed by atoms with van der Waals surface area (Å²) < 4.78 is 17.6. The van der Waals surface area contributed by atoms with Crippen LogP contribution in [0.15, 0.2) is 65.2 Å². The zero-order chi connectivity index (χ0) is 20.1. The van der Waals surface area contributed by atoms with Gasteiger partial charge in [-0.25, -0.2) is 4.79 Å². The topological polar surface area (TPSA) is 44.8 Å². The molecule has 0 amide bonds. The van der Waals surface area contributed by atoms with Crippen LogP contribution in [0.3, 0.4) is 0 Å². The van der Waals surface area contributed by atoms with Crippen molar-refractivity contribution in [3.05, 3.63) is 81.9 Å². The first-order valence-electron chi connectivity index (χ1n) is 8.94. The average Bonchev–Trinajstić information content (AvgIpc) is 3.02. The van der Waals surface area contributed by atoms with Gasteiger partial charge >= 0.3 is 5.97 Å². The molecule has 0 bridgehead atoms. The van der Waals surface area contributed by atoms with Crippen molar-refractivity contribution < 1.29 is 19.0 Å². The average molecular weight is 441 g/mol. The van der Waals surface area contributed by atoms with Crippen molar-refractivity contribution in [3.8, 4) is 11.5 Å². The van der Waals surface area contributed by atoms with Crippen LogP contribution in [-0.2, 0) is 9.53 Å². The van der Waals surface area contributed by atoms with Gasteiger partial charge in [-0.15, -0.1) is 0 Å². The van der Waals surface area contributed by atoms with E-state index in [-0.39, 0.29) is 5.97 Å². The van der Waals surface area contributed by atoms with Gasteiger partial charge in [0.2, 0.25) is 0 Å². The Balaban J connectivity index is 1.94. The summed E-state index contributed by atoms with van der Waals surface area (Å²) in [7, 11) is 0. The van der Waals surface area contributed by atoms with E-state index in [0.717, 1.165) is 21.2 Å². The third kappa shape index (κ3) is 4.54. The predicted molar refractivity (Wildman–Crippen MR) is 114 cm³/mol. The van der Waals surface area contributed by atoms with Gasteiger partial charge in [-0.2, -0.15) is 0 Å². The molecule has 1 aliphatic rings. The molecule has 0 N–H and O–H groups in total. The Morgan fingerprint density at radius 3 is 2.61 bits per heavy atom. The van der Waals surface area contributed by atoms with Gasteiger partial charge in [0.25, 0.3) is 0 Å². The molecular weight excluding hydrogens is 420 g/mol. The van der Waals surface area contributed by atoms with Gasteiger partial charge in [-0.3, -0.25) is 0 Å². The van der Waals surface area contributed by atoms with E-state index in [0.29, 0.717) is 36.0 Å². The van der Waals surface area contributed by atoms with Crippen molar-refractivity contribution in [2.24, 2.45) is 0 Å². The number of cyclic esters (lactones) is 1. The van der Waals surface area contributed by atoms with Crippen molar-refractivity contribution >= 4 is 33.7 Å². The third-order valence-electron chi connectivity index (χ3n) is 4.06. The number of carbonyl (C=O) groups is 1. The van der Waals surface area contributed by atoms with E-state index in [1.54, 1.807) is 18.2 Å². The summed E-state index contributed by atoms with van der Waals surface area (Å²) in [6, 6.07) is 11.6. The maximum absolute atomic E-state index is 12.3. The van der Waals surface area contributed by atoms with Crippen LogP contribution in [-0.4, -0.2) is 19.2 Å². The van der Waals surface area contributed by atoms with Gasteiger partial charge in [0, 0.05) is 5.56 Å². The predicted octanol–water partition coefficient (Wildman–Crippen LogP) is 5.70. The van der Waals surface area contributed by atoms with Gasteiger partial charge in [0.15, 0.2) is 11.5 Å². The van der Waals surface area contributed by atoms with E-state index in [4.69, 9.17) is 14.2 Å². The fourth-order valence-electron chi connectivity index (χ4n) is 2.75. The second-order valence-corrected chi connectivity index (χ2v) is 7.08. The lowest BCUT2D eigenvalue weighted by atomic mass is 10.1. The number of rotatable bonds is 7. The molecule has 0 aliphatic carbocycles. The summed E-state index contributed by atoms with van der Waals surface area (Å²) in [5, 5.41) is 0. The van der Waals surface area contributed by atoms with Gasteiger partial charge < -0.3 is 14.2 Å². The maximum Gasteiger partial charge on any atom is 0.343 e. The molecule has 0 aromatic heterocycles. The number of hydrogen-bond acceptors (Lipinski definition) is 4. The third-order valence-corrected chi connectivity index (χ3v) is 4.65. The molecule has 0 radical (unpaired) electrons. The van der Waals surface area contributed by atoms with E-state index < -0.39 is 0 Å². The molecule has 3 rings (SSSR count). The van der Waals surface area contributed by atoms with Crippen LogP contribution < -0.4 is 9.47 Å². The lowest BCUT2D eigenvalue weighted by Crippen LogP contribution is -2.01. The fraction of sp³-hybridized carbons (Fsp3) is 0.174. The van der Waals surface area contributed by atoms with Crippen LogP contribution in [0.5, 0.6) is 11.5 Å². The molecule has 2 aromatic carbocycles. The molecule has 0 saturated carbocycles. The van der Waals surface area contributed by atoms with Crippen molar-refractivity contribution in [1.82, 2.24) is 0 Å². The van der Waals surface area contributed by atoms with Crippen LogP contribution in [0, 0.1) is 6.92 Å². The highest BCUT2D eigenvalue weighted by molar-refractivity contribution is 9.10. The fourth-order valence-corrected chi connectivity index (χ4v) is 3.32. The molecule has 0 spiro atoms. The molecule has 28 heavy (non-hydrogen) atoms. The van der Waals surface area contributed by atoms with E-state index in [1.807, 2.05) is 50.2 Å². The number of esters is 1. The zero-order valence-corrected chi connectivity index (χ0v) is 17.4. The number of ether oxygens (including phenoxy) is 3. The molecule has 0 atom stereocenters. The minimum absolute atomic E-state index is 0.369. The summed E-state index contributed by atoms with van der Waals surface area (Å²) in [4.78, 5) is 12.3. The molecule has 4 nitrogen and oxygen atoms in total. The van der Waals surface area contributed by atoms with E-state index in [2.05, 4.69) is 22.5 Å². The lowest BCUT2D eigenvalue weighted by molar-refractivity contribution is -0.130. The SMILES string of the molecule is C=CCOc1c(Br)cc(/C=C2\C=C(c3ccc(C)cc3)OC2=O)cc1OCC. The van der Waals surface area contributed by atoms with Crippen molar-refractivity contribution in [3.63, 3.8) is 0 Å². The first kappa shape index (κ1) is 20.0. The zero-order valence-electron chi connectivity index (χ0n) is 15.8. The number of halogens is 1. The van der Waals surface area contributed by atoms with Crippen LogP contribution in [0.25, 0.3) is 11.8 Å². The van der Waals surface area contributed by atoms with E-state index in [1.165, 1.54) is 0 Å². The number of carbonyl (C=O) groups excluding carboxylic acids is 1. The van der Waals surface area contributed by atoms with Gasteiger partial charge in [-0.1, -0.05) is 42.5 Å². The van der Waals surface area contributed by atoms with Crippen LogP contribution >= 0.6 is 15.9 Å². The normalized spacial score (nSPS) is 14.6. The first-order valence-corrected chi connectivity index (χ1v) is 9.73. The molecule has 5 heteroatoms. The Labute approximate surface area is 173 Å². The summed E-state index contributed by atoms with van der Waals surface area (Å²) in [5.41, 5.74) is 3.29. The highest BCUT2D eigenvalue weighted by Crippen LogP contribution is 2.38. The van der Waals surface area contributed by atoms with Crippen molar-refractivity contribution in [1.29, 1.82) is 0 Å². The molecule has 1 heterocycles. The maximum atomic E-state index is 12.3. The quantitative estimate of drug-likeness (QED) is 0.314. The highest BCUT2D eigenvalue weighted by atomic mass is 79.9. The van der Waals surface area contributed by atoms with Crippen LogP contribution in [0.2, 0.25) is 0 Å². The Morgan fingerprint density at radius 1 is 1.18 bits per heavy atom. The molecule has 144 valence electrons.